The van der Waals surface area contributed by atoms with Gasteiger partial charge in [-0.15, -0.1) is 5.10 Å². The van der Waals surface area contributed by atoms with Crippen LogP contribution in [0, 0.1) is 5.92 Å². The summed E-state index contributed by atoms with van der Waals surface area (Å²) in [6, 6.07) is 7.16. The molecule has 1 aliphatic heterocycles. The van der Waals surface area contributed by atoms with E-state index in [1.54, 1.807) is 11.8 Å². The van der Waals surface area contributed by atoms with E-state index in [1.807, 2.05) is 37.4 Å². The Labute approximate surface area is 157 Å². The summed E-state index contributed by atoms with van der Waals surface area (Å²) >= 11 is 1.48. The molecule has 3 rings (SSSR count). The van der Waals surface area contributed by atoms with Crippen molar-refractivity contribution in [1.29, 1.82) is 0 Å². The largest absolute Gasteiger partial charge is 0.495 e. The number of aromatic nitrogens is 3. The maximum atomic E-state index is 13.1. The molecule has 1 aliphatic rings. The van der Waals surface area contributed by atoms with Gasteiger partial charge in [-0.05, 0) is 31.2 Å². The van der Waals surface area contributed by atoms with E-state index < -0.39 is 0 Å². The van der Waals surface area contributed by atoms with Gasteiger partial charge < -0.3 is 15.4 Å². The predicted octanol–water partition coefficient (Wildman–Crippen LogP) is 3.54. The molecule has 0 aliphatic carbocycles. The van der Waals surface area contributed by atoms with Crippen molar-refractivity contribution in [1.82, 2.24) is 14.8 Å². The number of rotatable bonds is 5. The summed E-state index contributed by atoms with van der Waals surface area (Å²) in [5.74, 6) is 1.28. The third kappa shape index (κ3) is 3.29. The first kappa shape index (κ1) is 18.3. The number of nitrogens with one attached hydrogen (secondary N) is 2. The minimum Gasteiger partial charge on any atom is -0.495 e. The molecule has 0 radical (unpaired) electrons. The molecule has 2 aromatic rings. The molecule has 26 heavy (non-hydrogen) atoms. The highest BCUT2D eigenvalue weighted by molar-refractivity contribution is 7.98. The molecule has 1 aromatic heterocycles. The first-order valence-corrected chi connectivity index (χ1v) is 9.61. The van der Waals surface area contributed by atoms with Gasteiger partial charge in [0.1, 0.15) is 5.75 Å². The van der Waals surface area contributed by atoms with Crippen molar-refractivity contribution in [3.8, 4) is 5.75 Å². The minimum atomic E-state index is -0.200. The standard InChI is InChI=1S/C18H23N5O2S/c1-10(2)15-14(11(3)19-17-21-18(26-5)22-23(15)17)16(24)20-12-8-6-7-9-13(12)25-4/h6-10,15H,1-5H3,(H,20,24)(H,19,21,22)/t15-/m1/s1. The molecule has 2 heterocycles. The summed E-state index contributed by atoms with van der Waals surface area (Å²) in [5.41, 5.74) is 2.07. The van der Waals surface area contributed by atoms with E-state index in [9.17, 15) is 4.79 Å². The first-order chi connectivity index (χ1) is 12.5. The number of para-hydroxylation sites is 2. The Morgan fingerprint density at radius 2 is 2.12 bits per heavy atom. The maximum Gasteiger partial charge on any atom is 0.255 e. The van der Waals surface area contributed by atoms with E-state index in [2.05, 4.69) is 34.6 Å². The summed E-state index contributed by atoms with van der Waals surface area (Å²) in [6.45, 7) is 6.04. The predicted molar refractivity (Wildman–Crippen MR) is 104 cm³/mol. The van der Waals surface area contributed by atoms with Gasteiger partial charge in [0, 0.05) is 5.70 Å². The summed E-state index contributed by atoms with van der Waals surface area (Å²) in [4.78, 5) is 17.6. The molecule has 0 bridgehead atoms. The molecule has 0 saturated carbocycles. The summed E-state index contributed by atoms with van der Waals surface area (Å²) in [6.07, 6.45) is 1.93. The van der Waals surface area contributed by atoms with E-state index in [-0.39, 0.29) is 17.9 Å². The number of fused-ring (bicyclic) bond motifs is 1. The van der Waals surface area contributed by atoms with Crippen LogP contribution in [0.5, 0.6) is 5.75 Å². The third-order valence-electron chi connectivity index (χ3n) is 4.29. The average Bonchev–Trinajstić information content (AvgIpc) is 3.03. The smallest absolute Gasteiger partial charge is 0.255 e. The van der Waals surface area contributed by atoms with Crippen molar-refractivity contribution in [2.24, 2.45) is 5.92 Å². The number of methoxy groups -OCH3 is 1. The second kappa shape index (κ2) is 7.41. The lowest BCUT2D eigenvalue weighted by atomic mass is 9.92. The van der Waals surface area contributed by atoms with Gasteiger partial charge >= 0.3 is 0 Å². The van der Waals surface area contributed by atoms with Crippen LogP contribution in [-0.4, -0.2) is 34.0 Å². The van der Waals surface area contributed by atoms with Crippen LogP contribution in [0.25, 0.3) is 0 Å². The Hall–Kier alpha value is -2.48. The van der Waals surface area contributed by atoms with E-state index >= 15 is 0 Å². The number of hydrogen-bond donors (Lipinski definition) is 2. The highest BCUT2D eigenvalue weighted by Crippen LogP contribution is 2.37. The molecule has 0 saturated heterocycles. The van der Waals surface area contributed by atoms with Gasteiger partial charge in [0.25, 0.3) is 5.91 Å². The van der Waals surface area contributed by atoms with E-state index in [4.69, 9.17) is 4.74 Å². The van der Waals surface area contributed by atoms with Crippen molar-refractivity contribution in [3.63, 3.8) is 0 Å². The van der Waals surface area contributed by atoms with E-state index in [1.165, 1.54) is 11.8 Å². The quantitative estimate of drug-likeness (QED) is 0.780. The third-order valence-corrected chi connectivity index (χ3v) is 4.83. The number of thioether (sulfide) groups is 1. The lowest BCUT2D eigenvalue weighted by molar-refractivity contribution is -0.113. The van der Waals surface area contributed by atoms with Crippen LogP contribution in [-0.2, 0) is 4.79 Å². The normalized spacial score (nSPS) is 16.3. The highest BCUT2D eigenvalue weighted by Gasteiger charge is 2.35. The molecule has 0 fully saturated rings. The molecule has 0 unspecified atom stereocenters. The number of nitrogens with zero attached hydrogens (tertiary/aromatic N) is 3. The Bertz CT molecular complexity index is 859. The number of carbonyl (C=O) groups is 1. The molecule has 2 N–H and O–H groups in total. The number of anilines is 2. The number of ether oxygens (including phenoxy) is 1. The Morgan fingerprint density at radius 3 is 2.77 bits per heavy atom. The van der Waals surface area contributed by atoms with Crippen LogP contribution in [0.4, 0.5) is 11.6 Å². The Morgan fingerprint density at radius 1 is 1.38 bits per heavy atom. The van der Waals surface area contributed by atoms with Gasteiger partial charge in [0.05, 0.1) is 24.4 Å². The number of hydrogen-bond acceptors (Lipinski definition) is 6. The number of carbonyl (C=O) groups excluding carboxylic acids is 1. The molecule has 1 amide bonds. The van der Waals surface area contributed by atoms with Crippen molar-refractivity contribution >= 4 is 29.3 Å². The van der Waals surface area contributed by atoms with Crippen molar-refractivity contribution in [2.45, 2.75) is 32.0 Å². The molecule has 1 atom stereocenters. The highest BCUT2D eigenvalue weighted by atomic mass is 32.2. The van der Waals surface area contributed by atoms with Crippen LogP contribution in [0.2, 0.25) is 0 Å². The number of benzene rings is 1. The maximum absolute atomic E-state index is 13.1. The summed E-state index contributed by atoms with van der Waals surface area (Å²) < 4.78 is 7.14. The zero-order valence-corrected chi connectivity index (χ0v) is 16.3. The van der Waals surface area contributed by atoms with Crippen molar-refractivity contribution in [2.75, 3.05) is 24.0 Å². The summed E-state index contributed by atoms with van der Waals surface area (Å²) in [5, 5.41) is 11.4. The zero-order valence-electron chi connectivity index (χ0n) is 15.5. The van der Waals surface area contributed by atoms with E-state index in [0.29, 0.717) is 28.1 Å². The van der Waals surface area contributed by atoms with Crippen LogP contribution in [0.3, 0.4) is 0 Å². The fraction of sp³-hybridized carbons (Fsp3) is 0.389. The fourth-order valence-electron chi connectivity index (χ4n) is 3.11. The van der Waals surface area contributed by atoms with Crippen molar-refractivity contribution < 1.29 is 9.53 Å². The van der Waals surface area contributed by atoms with Crippen LogP contribution < -0.4 is 15.4 Å². The molecule has 8 heteroatoms. The Kier molecular flexibility index (Phi) is 5.22. The topological polar surface area (TPSA) is 81.1 Å². The van der Waals surface area contributed by atoms with Gasteiger partial charge in [-0.2, -0.15) is 4.98 Å². The summed E-state index contributed by atoms with van der Waals surface area (Å²) in [7, 11) is 1.58. The zero-order chi connectivity index (χ0) is 18.8. The van der Waals surface area contributed by atoms with Gasteiger partial charge in [-0.3, -0.25) is 4.79 Å². The second-order valence-corrected chi connectivity index (χ2v) is 7.15. The van der Waals surface area contributed by atoms with Gasteiger partial charge in [-0.25, -0.2) is 4.68 Å². The fourth-order valence-corrected chi connectivity index (χ4v) is 3.45. The van der Waals surface area contributed by atoms with Gasteiger partial charge in [-0.1, -0.05) is 37.7 Å². The molecule has 0 spiro atoms. The lowest BCUT2D eigenvalue weighted by Gasteiger charge is -2.30. The number of amides is 1. The van der Waals surface area contributed by atoms with Crippen LogP contribution in [0.15, 0.2) is 40.7 Å². The lowest BCUT2D eigenvalue weighted by Crippen LogP contribution is -2.33. The molecule has 7 nitrogen and oxygen atoms in total. The molecular formula is C18H23N5O2S. The second-order valence-electron chi connectivity index (χ2n) is 6.37. The first-order valence-electron chi connectivity index (χ1n) is 8.39. The SMILES string of the molecule is COc1ccccc1NC(=O)C1=C(C)Nc2nc(SC)nn2[C@@H]1C(C)C. The monoisotopic (exact) mass is 373 g/mol. The van der Waals surface area contributed by atoms with E-state index in [0.717, 1.165) is 5.70 Å². The Balaban J connectivity index is 1.97. The average molecular weight is 373 g/mol. The molecule has 138 valence electrons. The number of allylic oxidation sites excluding steroid dienone is 1. The van der Waals surface area contributed by atoms with Gasteiger partial charge in [0.15, 0.2) is 0 Å². The minimum absolute atomic E-state index is 0.167. The van der Waals surface area contributed by atoms with Crippen LogP contribution in [0.1, 0.15) is 26.8 Å². The van der Waals surface area contributed by atoms with Crippen molar-refractivity contribution in [3.05, 3.63) is 35.5 Å². The molecule has 1 aromatic carbocycles. The van der Waals surface area contributed by atoms with Gasteiger partial charge in [0.2, 0.25) is 11.1 Å². The molecular weight excluding hydrogens is 350 g/mol. The van der Waals surface area contributed by atoms with Crippen LogP contribution >= 0.6 is 11.8 Å².